The van der Waals surface area contributed by atoms with Gasteiger partial charge in [0.15, 0.2) is 0 Å². The molecule has 1 saturated heterocycles. The zero-order valence-electron chi connectivity index (χ0n) is 7.84. The number of ether oxygens (including phenoxy) is 1. The van der Waals surface area contributed by atoms with Gasteiger partial charge in [0.05, 0.1) is 40.9 Å². The van der Waals surface area contributed by atoms with E-state index in [2.05, 4.69) is 4.98 Å². The molecule has 1 aromatic rings. The summed E-state index contributed by atoms with van der Waals surface area (Å²) in [4.78, 5) is 14.9. The third kappa shape index (κ3) is 2.21. The second-order valence-electron chi connectivity index (χ2n) is 3.19. The first-order valence-corrected chi connectivity index (χ1v) is 5.28. The summed E-state index contributed by atoms with van der Waals surface area (Å²) < 4.78 is 5.02. The van der Waals surface area contributed by atoms with Crippen LogP contribution in [0.1, 0.15) is 10.4 Å². The summed E-state index contributed by atoms with van der Waals surface area (Å²) in [7, 11) is 0. The maximum Gasteiger partial charge on any atom is 0.337 e. The van der Waals surface area contributed by atoms with Crippen molar-refractivity contribution in [3.63, 3.8) is 0 Å². The summed E-state index contributed by atoms with van der Waals surface area (Å²) in [6.45, 7) is 1.39. The first kappa shape index (κ1) is 10.3. The van der Waals surface area contributed by atoms with Crippen LogP contribution in [0.15, 0.2) is 17.3 Å². The Balaban J connectivity index is 2.17. The van der Waals surface area contributed by atoms with Gasteiger partial charge in [-0.05, 0) is 6.07 Å². The van der Waals surface area contributed by atoms with Gasteiger partial charge in [-0.3, -0.25) is 0 Å². The number of nitrogen functional groups attached to an aromatic ring is 1. The molecule has 2 rings (SSSR count). The molecule has 0 aromatic carbocycles. The molecule has 0 aliphatic carbocycles. The number of nitrogens with two attached hydrogens (primary N) is 1. The van der Waals surface area contributed by atoms with Gasteiger partial charge in [0.25, 0.3) is 0 Å². The van der Waals surface area contributed by atoms with E-state index in [0.29, 0.717) is 23.5 Å². The van der Waals surface area contributed by atoms with E-state index in [1.807, 2.05) is 0 Å². The number of aromatic nitrogens is 1. The summed E-state index contributed by atoms with van der Waals surface area (Å²) in [5.74, 6) is -1.03. The van der Waals surface area contributed by atoms with Gasteiger partial charge in [0, 0.05) is 0 Å². The molecule has 1 aromatic heterocycles. The Morgan fingerprint density at radius 2 is 2.40 bits per heavy atom. The van der Waals surface area contributed by atoms with Gasteiger partial charge in [-0.1, -0.05) is 11.8 Å². The number of anilines is 1. The average Bonchev–Trinajstić information content (AvgIpc) is 2.13. The maximum atomic E-state index is 10.8. The summed E-state index contributed by atoms with van der Waals surface area (Å²) in [5.41, 5.74) is 5.79. The van der Waals surface area contributed by atoms with Gasteiger partial charge in [0.2, 0.25) is 0 Å². The molecule has 0 amide bonds. The first-order chi connectivity index (χ1) is 7.16. The fourth-order valence-corrected chi connectivity index (χ4v) is 2.12. The predicted molar refractivity (Wildman–Crippen MR) is 56.1 cm³/mol. The van der Waals surface area contributed by atoms with E-state index in [1.165, 1.54) is 24.0 Å². The second kappa shape index (κ2) is 4.08. The molecular weight excluding hydrogens is 216 g/mol. The smallest absolute Gasteiger partial charge is 0.337 e. The molecule has 0 radical (unpaired) electrons. The predicted octanol–water partition coefficient (Wildman–Crippen LogP) is 0.853. The fraction of sp³-hybridized carbons (Fsp3) is 0.333. The third-order valence-electron chi connectivity index (χ3n) is 2.04. The summed E-state index contributed by atoms with van der Waals surface area (Å²) >= 11 is 1.52. The summed E-state index contributed by atoms with van der Waals surface area (Å²) in [6, 6.07) is 1.50. The van der Waals surface area contributed by atoms with E-state index < -0.39 is 5.97 Å². The molecule has 0 spiro atoms. The molecule has 80 valence electrons. The molecule has 1 aliphatic heterocycles. The zero-order chi connectivity index (χ0) is 10.8. The Bertz CT molecular complexity index is 393. The average molecular weight is 226 g/mol. The second-order valence-corrected chi connectivity index (χ2v) is 4.51. The minimum Gasteiger partial charge on any atom is -0.478 e. The molecule has 0 bridgehead atoms. The molecule has 0 saturated carbocycles. The van der Waals surface area contributed by atoms with Gasteiger partial charge in [-0.15, -0.1) is 0 Å². The molecule has 2 heterocycles. The summed E-state index contributed by atoms with van der Waals surface area (Å²) in [5, 5.41) is 9.91. The summed E-state index contributed by atoms with van der Waals surface area (Å²) in [6.07, 6.45) is 1.38. The molecule has 3 N–H and O–H groups in total. The third-order valence-corrected chi connectivity index (χ3v) is 3.11. The minimum atomic E-state index is -1.03. The number of carboxylic acid groups (broad SMARTS) is 1. The largest absolute Gasteiger partial charge is 0.478 e. The molecule has 6 heteroatoms. The number of nitrogens with zero attached hydrogens (tertiary/aromatic N) is 1. The van der Waals surface area contributed by atoms with Crippen LogP contribution in [-0.2, 0) is 4.74 Å². The zero-order valence-corrected chi connectivity index (χ0v) is 8.66. The number of pyridine rings is 1. The number of carbonyl (C=O) groups is 1. The molecular formula is C9H10N2O3S. The van der Waals surface area contributed by atoms with E-state index in [0.717, 1.165) is 0 Å². The highest BCUT2D eigenvalue weighted by molar-refractivity contribution is 8.00. The molecule has 1 fully saturated rings. The van der Waals surface area contributed by atoms with Crippen molar-refractivity contribution in [2.45, 2.75) is 10.3 Å². The van der Waals surface area contributed by atoms with E-state index in [9.17, 15) is 4.79 Å². The maximum absolute atomic E-state index is 10.8. The standard InChI is InChI=1S/C9H10N2O3S/c10-7-2-11-8(1-6(7)9(12)13)15-5-3-14-4-5/h1-2,5H,3-4,10H2,(H,12,13). The van der Waals surface area contributed by atoms with Crippen molar-refractivity contribution >= 4 is 23.4 Å². The Labute approximate surface area is 90.6 Å². The highest BCUT2D eigenvalue weighted by atomic mass is 32.2. The van der Waals surface area contributed by atoms with Gasteiger partial charge in [-0.2, -0.15) is 0 Å². The normalized spacial score (nSPS) is 16.0. The Morgan fingerprint density at radius 1 is 1.67 bits per heavy atom. The topological polar surface area (TPSA) is 85.4 Å². The molecule has 5 nitrogen and oxygen atoms in total. The monoisotopic (exact) mass is 226 g/mol. The lowest BCUT2D eigenvalue weighted by Crippen LogP contribution is -2.30. The Kier molecular flexibility index (Phi) is 2.79. The lowest BCUT2D eigenvalue weighted by molar-refractivity contribution is 0.0454. The van der Waals surface area contributed by atoms with Crippen molar-refractivity contribution in [1.29, 1.82) is 0 Å². The van der Waals surface area contributed by atoms with E-state index >= 15 is 0 Å². The van der Waals surface area contributed by atoms with Crippen molar-refractivity contribution in [2.75, 3.05) is 18.9 Å². The Morgan fingerprint density at radius 3 is 2.93 bits per heavy atom. The van der Waals surface area contributed by atoms with Crippen LogP contribution >= 0.6 is 11.8 Å². The van der Waals surface area contributed by atoms with Crippen LogP contribution in [0.25, 0.3) is 0 Å². The van der Waals surface area contributed by atoms with Gasteiger partial charge in [0.1, 0.15) is 0 Å². The minimum absolute atomic E-state index is 0.104. The van der Waals surface area contributed by atoms with Gasteiger partial charge in [-0.25, -0.2) is 9.78 Å². The van der Waals surface area contributed by atoms with E-state index in [-0.39, 0.29) is 11.3 Å². The molecule has 0 atom stereocenters. The SMILES string of the molecule is Nc1cnc(SC2COC2)cc1C(=O)O. The highest BCUT2D eigenvalue weighted by Crippen LogP contribution is 2.28. The van der Waals surface area contributed by atoms with Crippen molar-refractivity contribution in [1.82, 2.24) is 4.98 Å². The van der Waals surface area contributed by atoms with Crippen LogP contribution in [0.3, 0.4) is 0 Å². The lowest BCUT2D eigenvalue weighted by atomic mass is 10.2. The van der Waals surface area contributed by atoms with Crippen LogP contribution in [0.4, 0.5) is 5.69 Å². The molecule has 0 unspecified atom stereocenters. The van der Waals surface area contributed by atoms with Crippen molar-refractivity contribution < 1.29 is 14.6 Å². The first-order valence-electron chi connectivity index (χ1n) is 4.40. The molecule has 15 heavy (non-hydrogen) atoms. The van der Waals surface area contributed by atoms with Crippen LogP contribution in [0.2, 0.25) is 0 Å². The van der Waals surface area contributed by atoms with Crippen molar-refractivity contribution in [3.05, 3.63) is 17.8 Å². The quantitative estimate of drug-likeness (QED) is 0.794. The Hall–Kier alpha value is -1.27. The van der Waals surface area contributed by atoms with Gasteiger partial charge >= 0.3 is 5.97 Å². The van der Waals surface area contributed by atoms with Crippen LogP contribution < -0.4 is 5.73 Å². The number of thioether (sulfide) groups is 1. The number of rotatable bonds is 3. The fourth-order valence-electron chi connectivity index (χ4n) is 1.15. The van der Waals surface area contributed by atoms with E-state index in [4.69, 9.17) is 15.6 Å². The van der Waals surface area contributed by atoms with Crippen LogP contribution in [-0.4, -0.2) is 34.5 Å². The number of carboxylic acids is 1. The van der Waals surface area contributed by atoms with Crippen molar-refractivity contribution in [2.24, 2.45) is 0 Å². The highest BCUT2D eigenvalue weighted by Gasteiger charge is 2.21. The number of hydrogen-bond donors (Lipinski definition) is 2. The van der Waals surface area contributed by atoms with Gasteiger partial charge < -0.3 is 15.6 Å². The van der Waals surface area contributed by atoms with Crippen molar-refractivity contribution in [3.8, 4) is 0 Å². The lowest BCUT2D eigenvalue weighted by Gasteiger charge is -2.24. The van der Waals surface area contributed by atoms with Crippen LogP contribution in [0, 0.1) is 0 Å². The van der Waals surface area contributed by atoms with E-state index in [1.54, 1.807) is 0 Å². The number of aromatic carboxylic acids is 1. The molecule has 1 aliphatic rings. The number of hydrogen-bond acceptors (Lipinski definition) is 5. The van der Waals surface area contributed by atoms with Crippen LogP contribution in [0.5, 0.6) is 0 Å².